The van der Waals surface area contributed by atoms with Crippen molar-refractivity contribution in [3.63, 3.8) is 0 Å². The highest BCUT2D eigenvalue weighted by molar-refractivity contribution is 7.99. The van der Waals surface area contributed by atoms with E-state index in [0.29, 0.717) is 16.6 Å². The van der Waals surface area contributed by atoms with Gasteiger partial charge in [0.2, 0.25) is 0 Å². The summed E-state index contributed by atoms with van der Waals surface area (Å²) in [6.45, 7) is 6.29. The molecule has 1 unspecified atom stereocenters. The molecule has 3 aromatic rings. The van der Waals surface area contributed by atoms with Crippen LogP contribution in [0.3, 0.4) is 0 Å². The molecule has 0 aliphatic heterocycles. The van der Waals surface area contributed by atoms with E-state index in [1.807, 2.05) is 32.0 Å². The van der Waals surface area contributed by atoms with Crippen molar-refractivity contribution in [3.8, 4) is 0 Å². The number of Topliss-reactive ketones (excluding diaryl/α,β-unsaturated/α-hetero) is 1. The van der Waals surface area contributed by atoms with E-state index in [1.54, 1.807) is 11.3 Å². The summed E-state index contributed by atoms with van der Waals surface area (Å²) < 4.78 is 0. The number of carbonyl (C=O) groups is 1. The third-order valence-electron chi connectivity index (χ3n) is 5.31. The van der Waals surface area contributed by atoms with Gasteiger partial charge in [-0.25, -0.2) is 4.98 Å². The first kappa shape index (κ1) is 18.4. The standard InChI is InChI=1S/C21H22N2O2S2/c1-11-4-7-15-17(8-11)27-20-18(15)19(25)22-21(23-20)26-10-16(24)14-6-5-12(2)13(3)9-14/h5-6,9,11H,4,7-8,10H2,1-3H3,(H,22,23,25). The van der Waals surface area contributed by atoms with Gasteiger partial charge in [0.25, 0.3) is 5.56 Å². The van der Waals surface area contributed by atoms with E-state index in [9.17, 15) is 9.59 Å². The second kappa shape index (κ2) is 7.24. The van der Waals surface area contributed by atoms with Crippen LogP contribution in [0.1, 0.15) is 45.3 Å². The Morgan fingerprint density at radius 2 is 2.15 bits per heavy atom. The number of aryl methyl sites for hydroxylation is 3. The van der Waals surface area contributed by atoms with Gasteiger partial charge in [-0.15, -0.1) is 11.3 Å². The number of fused-ring (bicyclic) bond motifs is 3. The number of H-pyrrole nitrogens is 1. The van der Waals surface area contributed by atoms with Gasteiger partial charge < -0.3 is 4.98 Å². The van der Waals surface area contributed by atoms with Crippen molar-refractivity contribution in [2.45, 2.75) is 45.2 Å². The zero-order chi connectivity index (χ0) is 19.1. The van der Waals surface area contributed by atoms with Crippen LogP contribution in [0.5, 0.6) is 0 Å². The molecule has 4 rings (SSSR count). The van der Waals surface area contributed by atoms with Gasteiger partial charge in [0.15, 0.2) is 10.9 Å². The third kappa shape index (κ3) is 3.60. The maximum Gasteiger partial charge on any atom is 0.260 e. The molecule has 6 heteroatoms. The van der Waals surface area contributed by atoms with Gasteiger partial charge in [0.05, 0.1) is 11.1 Å². The number of nitrogens with one attached hydrogen (secondary N) is 1. The minimum atomic E-state index is -0.0758. The van der Waals surface area contributed by atoms with E-state index in [2.05, 4.69) is 16.9 Å². The predicted molar refractivity (Wildman–Crippen MR) is 112 cm³/mol. The van der Waals surface area contributed by atoms with Crippen LogP contribution in [-0.2, 0) is 12.8 Å². The van der Waals surface area contributed by atoms with Crippen LogP contribution in [0.4, 0.5) is 0 Å². The van der Waals surface area contributed by atoms with Crippen molar-refractivity contribution in [2.24, 2.45) is 5.92 Å². The fourth-order valence-corrected chi connectivity index (χ4v) is 5.73. The molecule has 1 aliphatic rings. The molecular weight excluding hydrogens is 376 g/mol. The average Bonchev–Trinajstić information content (AvgIpc) is 2.99. The number of nitrogens with zero attached hydrogens (tertiary/aromatic N) is 1. The van der Waals surface area contributed by atoms with Crippen molar-refractivity contribution in [1.82, 2.24) is 9.97 Å². The number of thiophene rings is 1. The summed E-state index contributed by atoms with van der Waals surface area (Å²) in [6.07, 6.45) is 3.11. The van der Waals surface area contributed by atoms with E-state index in [4.69, 9.17) is 0 Å². The Balaban J connectivity index is 1.57. The Labute approximate surface area is 166 Å². The number of benzene rings is 1. The molecule has 0 spiro atoms. The molecule has 27 heavy (non-hydrogen) atoms. The minimum Gasteiger partial charge on any atom is -0.301 e. The number of hydrogen-bond donors (Lipinski definition) is 1. The van der Waals surface area contributed by atoms with Crippen molar-refractivity contribution >= 4 is 39.1 Å². The summed E-state index contributed by atoms with van der Waals surface area (Å²) >= 11 is 2.94. The first-order chi connectivity index (χ1) is 12.9. The largest absolute Gasteiger partial charge is 0.301 e. The molecule has 0 saturated heterocycles. The number of ketones is 1. The smallest absolute Gasteiger partial charge is 0.260 e. The molecule has 0 radical (unpaired) electrons. The Bertz CT molecular complexity index is 1100. The highest BCUT2D eigenvalue weighted by Gasteiger charge is 2.23. The summed E-state index contributed by atoms with van der Waals surface area (Å²) in [4.78, 5) is 34.7. The quantitative estimate of drug-likeness (QED) is 0.393. The van der Waals surface area contributed by atoms with Crippen LogP contribution in [0.15, 0.2) is 28.2 Å². The van der Waals surface area contributed by atoms with Gasteiger partial charge in [-0.3, -0.25) is 9.59 Å². The van der Waals surface area contributed by atoms with Crippen LogP contribution in [0.2, 0.25) is 0 Å². The molecule has 0 bridgehead atoms. The van der Waals surface area contributed by atoms with Gasteiger partial charge in [-0.05, 0) is 61.8 Å². The normalized spacial score (nSPS) is 16.5. The SMILES string of the molecule is Cc1ccc(C(=O)CSc2nc3sc4c(c3c(=O)[nH]2)CCC(C)C4)cc1C. The van der Waals surface area contributed by atoms with Gasteiger partial charge in [0.1, 0.15) is 4.83 Å². The van der Waals surface area contributed by atoms with E-state index in [-0.39, 0.29) is 17.1 Å². The Hall–Kier alpha value is -1.92. The summed E-state index contributed by atoms with van der Waals surface area (Å²) in [5.41, 5.74) is 4.09. The first-order valence-electron chi connectivity index (χ1n) is 9.20. The average molecular weight is 399 g/mol. The number of thioether (sulfide) groups is 1. The van der Waals surface area contributed by atoms with Crippen LogP contribution in [-0.4, -0.2) is 21.5 Å². The Kier molecular flexibility index (Phi) is 4.95. The lowest BCUT2D eigenvalue weighted by Crippen LogP contribution is -2.14. The number of hydrogen-bond acceptors (Lipinski definition) is 5. The summed E-state index contributed by atoms with van der Waals surface area (Å²) in [7, 11) is 0. The molecule has 0 fully saturated rings. The fraction of sp³-hybridized carbons (Fsp3) is 0.381. The topological polar surface area (TPSA) is 62.8 Å². The summed E-state index contributed by atoms with van der Waals surface area (Å²) in [6, 6.07) is 5.75. The van der Waals surface area contributed by atoms with E-state index < -0.39 is 0 Å². The molecule has 1 aromatic carbocycles. The van der Waals surface area contributed by atoms with Gasteiger partial charge in [-0.1, -0.05) is 30.8 Å². The second-order valence-corrected chi connectivity index (χ2v) is 9.46. The lowest BCUT2D eigenvalue weighted by Gasteiger charge is -2.17. The van der Waals surface area contributed by atoms with E-state index >= 15 is 0 Å². The van der Waals surface area contributed by atoms with Gasteiger partial charge in [0, 0.05) is 10.4 Å². The van der Waals surface area contributed by atoms with Crippen molar-refractivity contribution in [1.29, 1.82) is 0 Å². The number of aromatic amines is 1. The van der Waals surface area contributed by atoms with Crippen LogP contribution in [0.25, 0.3) is 10.2 Å². The molecule has 4 nitrogen and oxygen atoms in total. The maximum absolute atomic E-state index is 12.6. The lowest BCUT2D eigenvalue weighted by atomic mass is 9.89. The zero-order valence-electron chi connectivity index (χ0n) is 15.7. The predicted octanol–water partition coefficient (Wildman–Crippen LogP) is 4.70. The van der Waals surface area contributed by atoms with Crippen LogP contribution < -0.4 is 5.56 Å². The fourth-order valence-electron chi connectivity index (χ4n) is 3.53. The molecule has 140 valence electrons. The van der Waals surface area contributed by atoms with Crippen LogP contribution >= 0.6 is 23.1 Å². The van der Waals surface area contributed by atoms with Crippen molar-refractivity contribution < 1.29 is 4.79 Å². The molecule has 0 saturated carbocycles. The molecule has 2 heterocycles. The third-order valence-corrected chi connectivity index (χ3v) is 7.33. The lowest BCUT2D eigenvalue weighted by molar-refractivity contribution is 0.102. The molecule has 0 amide bonds. The van der Waals surface area contributed by atoms with Crippen LogP contribution in [0, 0.1) is 19.8 Å². The molecule has 1 aliphatic carbocycles. The molecule has 1 N–H and O–H groups in total. The van der Waals surface area contributed by atoms with Crippen molar-refractivity contribution in [3.05, 3.63) is 55.7 Å². The van der Waals surface area contributed by atoms with Gasteiger partial charge in [-0.2, -0.15) is 0 Å². The van der Waals surface area contributed by atoms with E-state index in [1.165, 1.54) is 27.8 Å². The summed E-state index contributed by atoms with van der Waals surface area (Å²) in [5, 5.41) is 1.28. The van der Waals surface area contributed by atoms with E-state index in [0.717, 1.165) is 35.0 Å². The highest BCUT2D eigenvalue weighted by atomic mass is 32.2. The number of carbonyl (C=O) groups excluding carboxylic acids is 1. The number of aromatic nitrogens is 2. The Morgan fingerprint density at radius 3 is 2.93 bits per heavy atom. The molecular formula is C21H22N2O2S2. The zero-order valence-corrected chi connectivity index (χ0v) is 17.4. The first-order valence-corrected chi connectivity index (χ1v) is 11.0. The maximum atomic E-state index is 12.6. The van der Waals surface area contributed by atoms with Gasteiger partial charge >= 0.3 is 0 Å². The molecule has 1 atom stereocenters. The highest BCUT2D eigenvalue weighted by Crippen LogP contribution is 2.36. The summed E-state index contributed by atoms with van der Waals surface area (Å²) in [5.74, 6) is 0.971. The monoisotopic (exact) mass is 398 g/mol. The minimum absolute atomic E-state index is 0.0464. The number of rotatable bonds is 4. The Morgan fingerprint density at radius 1 is 1.33 bits per heavy atom. The molecule has 2 aromatic heterocycles. The second-order valence-electron chi connectivity index (χ2n) is 7.41. The van der Waals surface area contributed by atoms with Crippen molar-refractivity contribution in [2.75, 3.05) is 5.75 Å².